The second kappa shape index (κ2) is 7.88. The van der Waals surface area contributed by atoms with Crippen LogP contribution >= 0.6 is 0 Å². The summed E-state index contributed by atoms with van der Waals surface area (Å²) in [5, 5.41) is 3.50. The first kappa shape index (κ1) is 18.9. The van der Waals surface area contributed by atoms with Gasteiger partial charge in [0.25, 0.3) is 5.69 Å². The molecule has 146 valence electrons. The zero-order valence-corrected chi connectivity index (χ0v) is 16.9. The van der Waals surface area contributed by atoms with Gasteiger partial charge >= 0.3 is 5.91 Å². The minimum absolute atomic E-state index is 0.0596. The number of nitrogens with zero attached hydrogens (tertiary/aromatic N) is 1. The third-order valence-electron chi connectivity index (χ3n) is 6.30. The highest BCUT2D eigenvalue weighted by atomic mass is 16.2. The minimum Gasteiger partial charge on any atom is -0.334 e. The van der Waals surface area contributed by atoms with Gasteiger partial charge in [-0.25, -0.2) is 4.98 Å². The fraction of sp³-hybridized carbons (Fsp3) is 0.417. The molecular formula is C24H30N3O+. The fourth-order valence-corrected chi connectivity index (χ4v) is 4.64. The van der Waals surface area contributed by atoms with Gasteiger partial charge in [-0.2, -0.15) is 0 Å². The number of benzene rings is 1. The smallest absolute Gasteiger partial charge is 0.318 e. The van der Waals surface area contributed by atoms with Crippen LogP contribution in [-0.2, 0) is 6.42 Å². The molecule has 0 saturated carbocycles. The molecule has 0 radical (unpaired) electrons. The van der Waals surface area contributed by atoms with E-state index in [1.807, 2.05) is 31.0 Å². The molecule has 2 N–H and O–H groups in total. The highest BCUT2D eigenvalue weighted by Crippen LogP contribution is 2.44. The quantitative estimate of drug-likeness (QED) is 0.890. The molecule has 2 aliphatic rings. The molecule has 1 aliphatic carbocycles. The van der Waals surface area contributed by atoms with Crippen LogP contribution in [0.4, 0.5) is 0 Å². The molecule has 1 aromatic heterocycles. The summed E-state index contributed by atoms with van der Waals surface area (Å²) in [7, 11) is 0. The van der Waals surface area contributed by atoms with Crippen molar-refractivity contribution in [1.82, 2.24) is 10.2 Å². The third-order valence-corrected chi connectivity index (χ3v) is 6.30. The Balaban J connectivity index is 1.71. The van der Waals surface area contributed by atoms with Crippen LogP contribution in [0.15, 0.2) is 48.7 Å². The van der Waals surface area contributed by atoms with Crippen LogP contribution in [0.1, 0.15) is 53.9 Å². The molecule has 2 heterocycles. The number of aromatic amines is 1. The number of pyridine rings is 1. The van der Waals surface area contributed by atoms with E-state index in [9.17, 15) is 4.79 Å². The van der Waals surface area contributed by atoms with Crippen LogP contribution in [-0.4, -0.2) is 37.0 Å². The first-order chi connectivity index (χ1) is 13.7. The highest BCUT2D eigenvalue weighted by Gasteiger charge is 2.35. The Hall–Kier alpha value is -2.46. The highest BCUT2D eigenvalue weighted by molar-refractivity contribution is 5.91. The normalized spacial score (nSPS) is 17.7. The van der Waals surface area contributed by atoms with Crippen molar-refractivity contribution >= 4 is 11.5 Å². The van der Waals surface area contributed by atoms with Gasteiger partial charge in [0.1, 0.15) is 0 Å². The molecule has 1 aliphatic heterocycles. The summed E-state index contributed by atoms with van der Waals surface area (Å²) >= 11 is 0. The van der Waals surface area contributed by atoms with E-state index in [-0.39, 0.29) is 11.3 Å². The monoisotopic (exact) mass is 376 g/mol. The summed E-state index contributed by atoms with van der Waals surface area (Å²) in [6.45, 7) is 7.63. The molecular weight excluding hydrogens is 346 g/mol. The predicted molar refractivity (Wildman–Crippen MR) is 112 cm³/mol. The average Bonchev–Trinajstić information content (AvgIpc) is 2.74. The molecule has 1 fully saturated rings. The number of fused-ring (bicyclic) bond motifs is 1. The molecule has 4 heteroatoms. The van der Waals surface area contributed by atoms with Crippen molar-refractivity contribution in [3.8, 4) is 0 Å². The first-order valence-electron chi connectivity index (χ1n) is 10.5. The van der Waals surface area contributed by atoms with Gasteiger partial charge < -0.3 is 10.2 Å². The van der Waals surface area contributed by atoms with Gasteiger partial charge in [0.2, 0.25) is 0 Å². The largest absolute Gasteiger partial charge is 0.334 e. The molecule has 28 heavy (non-hydrogen) atoms. The Morgan fingerprint density at radius 3 is 2.54 bits per heavy atom. The molecule has 1 aromatic carbocycles. The van der Waals surface area contributed by atoms with Crippen LogP contribution in [0.2, 0.25) is 0 Å². The van der Waals surface area contributed by atoms with Crippen molar-refractivity contribution in [2.24, 2.45) is 5.41 Å². The summed E-state index contributed by atoms with van der Waals surface area (Å²) in [6, 6.07) is 12.8. The number of piperidine rings is 1. The van der Waals surface area contributed by atoms with Gasteiger partial charge in [-0.05, 0) is 74.4 Å². The standard InChI is InChI=1S/C24H29N3O/c1-3-27(4-2)23(28)22-10-9-19(17-26-22)21-16-24(11-13-25-14-12-24)15-18-7-5-6-8-20(18)21/h5-10,16-17,25H,3-4,11-15H2,1-2H3/p+1. The second-order valence-electron chi connectivity index (χ2n) is 7.97. The lowest BCUT2D eigenvalue weighted by atomic mass is 9.67. The van der Waals surface area contributed by atoms with Crippen molar-refractivity contribution < 1.29 is 9.78 Å². The number of carbonyl (C=O) groups is 1. The number of allylic oxidation sites excluding steroid dienone is 1. The van der Waals surface area contributed by atoms with Gasteiger partial charge in [-0.3, -0.25) is 4.79 Å². The molecule has 4 nitrogen and oxygen atoms in total. The lowest BCUT2D eigenvalue weighted by Gasteiger charge is -2.39. The van der Waals surface area contributed by atoms with E-state index in [0.717, 1.165) is 38.2 Å². The van der Waals surface area contributed by atoms with Gasteiger partial charge in [0, 0.05) is 24.7 Å². The fourth-order valence-electron chi connectivity index (χ4n) is 4.64. The Labute approximate surface area is 167 Å². The number of H-pyrrole nitrogens is 1. The Morgan fingerprint density at radius 2 is 1.86 bits per heavy atom. The lowest BCUT2D eigenvalue weighted by Crippen LogP contribution is -2.38. The van der Waals surface area contributed by atoms with Crippen molar-refractivity contribution in [1.29, 1.82) is 0 Å². The summed E-state index contributed by atoms with van der Waals surface area (Å²) in [4.78, 5) is 17.7. The van der Waals surface area contributed by atoms with E-state index < -0.39 is 0 Å². The SMILES string of the molecule is CCN(CC)C(=O)c1ccc(C2=CC3(CCNCC3)Cc3ccccc32)c[nH+]1. The molecule has 1 saturated heterocycles. The second-order valence-corrected chi connectivity index (χ2v) is 7.97. The molecule has 4 rings (SSSR count). The van der Waals surface area contributed by atoms with E-state index in [1.54, 1.807) is 0 Å². The lowest BCUT2D eigenvalue weighted by molar-refractivity contribution is -0.383. The van der Waals surface area contributed by atoms with Gasteiger partial charge in [-0.15, -0.1) is 0 Å². The van der Waals surface area contributed by atoms with Crippen molar-refractivity contribution in [3.63, 3.8) is 0 Å². The number of hydrogen-bond acceptors (Lipinski definition) is 2. The number of nitrogens with one attached hydrogen (secondary N) is 2. The van der Waals surface area contributed by atoms with Crippen LogP contribution < -0.4 is 10.3 Å². The van der Waals surface area contributed by atoms with E-state index in [1.165, 1.54) is 29.5 Å². The van der Waals surface area contributed by atoms with Gasteiger partial charge in [0.05, 0.1) is 0 Å². The zero-order chi connectivity index (χ0) is 19.6. The van der Waals surface area contributed by atoms with E-state index in [2.05, 4.69) is 46.7 Å². The maximum absolute atomic E-state index is 12.6. The number of rotatable bonds is 4. The van der Waals surface area contributed by atoms with E-state index >= 15 is 0 Å². The number of amides is 1. The van der Waals surface area contributed by atoms with E-state index in [4.69, 9.17) is 0 Å². The van der Waals surface area contributed by atoms with Crippen LogP contribution in [0.5, 0.6) is 0 Å². The molecule has 1 spiro atoms. The number of carbonyl (C=O) groups excluding carboxylic acids is 1. The summed E-state index contributed by atoms with van der Waals surface area (Å²) in [6.07, 6.45) is 7.97. The van der Waals surface area contributed by atoms with Crippen molar-refractivity contribution in [2.45, 2.75) is 33.1 Å². The summed E-state index contributed by atoms with van der Waals surface area (Å²) < 4.78 is 0. The molecule has 0 unspecified atom stereocenters. The first-order valence-corrected chi connectivity index (χ1v) is 10.5. The maximum Gasteiger partial charge on any atom is 0.318 e. The minimum atomic E-state index is 0.0596. The topological polar surface area (TPSA) is 46.5 Å². The maximum atomic E-state index is 12.6. The predicted octanol–water partition coefficient (Wildman–Crippen LogP) is 3.34. The third kappa shape index (κ3) is 3.49. The van der Waals surface area contributed by atoms with Crippen molar-refractivity contribution in [3.05, 3.63) is 71.1 Å². The van der Waals surface area contributed by atoms with E-state index in [0.29, 0.717) is 5.69 Å². The van der Waals surface area contributed by atoms with Crippen LogP contribution in [0, 0.1) is 5.41 Å². The van der Waals surface area contributed by atoms with Crippen LogP contribution in [0.25, 0.3) is 5.57 Å². The Bertz CT molecular complexity index is 875. The molecule has 2 aromatic rings. The molecule has 0 atom stereocenters. The molecule has 0 bridgehead atoms. The summed E-state index contributed by atoms with van der Waals surface area (Å²) in [5.74, 6) is 0.0596. The number of hydrogen-bond donors (Lipinski definition) is 1. The van der Waals surface area contributed by atoms with Gasteiger partial charge in [-0.1, -0.05) is 30.3 Å². The van der Waals surface area contributed by atoms with Crippen molar-refractivity contribution in [2.75, 3.05) is 26.2 Å². The number of aromatic nitrogens is 1. The summed E-state index contributed by atoms with van der Waals surface area (Å²) in [5.41, 5.74) is 6.09. The van der Waals surface area contributed by atoms with Crippen LogP contribution in [0.3, 0.4) is 0 Å². The zero-order valence-electron chi connectivity index (χ0n) is 16.9. The Kier molecular flexibility index (Phi) is 5.31. The van der Waals surface area contributed by atoms with Gasteiger partial charge in [0.15, 0.2) is 6.20 Å². The molecule has 1 amide bonds. The average molecular weight is 377 g/mol. The Morgan fingerprint density at radius 1 is 1.11 bits per heavy atom.